The Morgan fingerprint density at radius 2 is 2.21 bits per heavy atom. The van der Waals surface area contributed by atoms with Gasteiger partial charge in [-0.2, -0.15) is 0 Å². The highest BCUT2D eigenvalue weighted by atomic mass is 35.5. The van der Waals surface area contributed by atoms with E-state index in [1.54, 1.807) is 23.1 Å². The molecule has 1 aromatic carbocycles. The molecule has 104 valence electrons. The summed E-state index contributed by atoms with van der Waals surface area (Å²) in [5.74, 6) is 0.168. The number of carbonyl (C=O) groups excluding carboxylic acids is 1. The molecular formula is C14H17Cl2NO2. The van der Waals surface area contributed by atoms with Crippen LogP contribution >= 0.6 is 23.2 Å². The van der Waals surface area contributed by atoms with Crippen LogP contribution in [0.3, 0.4) is 0 Å². The summed E-state index contributed by atoms with van der Waals surface area (Å²) in [5, 5.41) is 10.8. The lowest BCUT2D eigenvalue weighted by molar-refractivity contribution is -0.133. The van der Waals surface area contributed by atoms with Crippen molar-refractivity contribution in [1.82, 2.24) is 4.90 Å². The summed E-state index contributed by atoms with van der Waals surface area (Å²) in [4.78, 5) is 14.0. The molecule has 0 spiro atoms. The average molecular weight is 302 g/mol. The zero-order valence-corrected chi connectivity index (χ0v) is 12.3. The second-order valence-electron chi connectivity index (χ2n) is 5.09. The van der Waals surface area contributed by atoms with Crippen LogP contribution in [-0.2, 0) is 11.2 Å². The van der Waals surface area contributed by atoms with E-state index >= 15 is 0 Å². The van der Waals surface area contributed by atoms with Crippen LogP contribution in [0.25, 0.3) is 0 Å². The molecule has 1 heterocycles. The number of nitrogens with zero attached hydrogens (tertiary/aromatic N) is 1. The van der Waals surface area contributed by atoms with Crippen molar-refractivity contribution in [3.05, 3.63) is 33.8 Å². The number of amides is 1. The molecule has 3 nitrogen and oxygen atoms in total. The van der Waals surface area contributed by atoms with E-state index in [9.17, 15) is 9.90 Å². The lowest BCUT2D eigenvalue weighted by Crippen LogP contribution is -2.45. The molecule has 0 saturated carbocycles. The van der Waals surface area contributed by atoms with Gasteiger partial charge >= 0.3 is 0 Å². The number of halogens is 2. The van der Waals surface area contributed by atoms with Crippen molar-refractivity contribution in [2.45, 2.75) is 25.9 Å². The van der Waals surface area contributed by atoms with Crippen molar-refractivity contribution in [2.24, 2.45) is 5.92 Å². The quantitative estimate of drug-likeness (QED) is 0.912. The number of hydrogen-bond acceptors (Lipinski definition) is 2. The zero-order valence-electron chi connectivity index (χ0n) is 10.8. The van der Waals surface area contributed by atoms with Gasteiger partial charge in [0.25, 0.3) is 0 Å². The summed E-state index contributed by atoms with van der Waals surface area (Å²) in [6.45, 7) is 3.17. The molecule has 1 saturated heterocycles. The third-order valence-corrected chi connectivity index (χ3v) is 4.16. The van der Waals surface area contributed by atoms with Gasteiger partial charge in [0.2, 0.25) is 5.91 Å². The molecule has 0 aliphatic carbocycles. The molecule has 19 heavy (non-hydrogen) atoms. The number of hydrogen-bond donors (Lipinski definition) is 1. The highest BCUT2D eigenvalue weighted by molar-refractivity contribution is 6.35. The first kappa shape index (κ1) is 14.6. The van der Waals surface area contributed by atoms with Crippen LogP contribution in [0.2, 0.25) is 10.0 Å². The average Bonchev–Trinajstić information content (AvgIpc) is 2.36. The van der Waals surface area contributed by atoms with E-state index in [4.69, 9.17) is 23.2 Å². The Kier molecular flexibility index (Phi) is 4.71. The topological polar surface area (TPSA) is 40.5 Å². The number of rotatable bonds is 2. The lowest BCUT2D eigenvalue weighted by Gasteiger charge is -2.34. The van der Waals surface area contributed by atoms with Gasteiger partial charge in [-0.05, 0) is 30.0 Å². The predicted molar refractivity (Wildman–Crippen MR) is 76.5 cm³/mol. The molecule has 0 bridgehead atoms. The van der Waals surface area contributed by atoms with Crippen LogP contribution < -0.4 is 0 Å². The Balaban J connectivity index is 2.01. The summed E-state index contributed by atoms with van der Waals surface area (Å²) in [5.41, 5.74) is 0.787. The standard InChI is InChI=1S/C14H17Cl2NO2/c1-9-8-17(5-4-13(9)18)14(19)6-10-2-3-11(15)7-12(10)16/h2-3,7,9,13,18H,4-6,8H2,1H3. The fourth-order valence-electron chi connectivity index (χ4n) is 2.30. The van der Waals surface area contributed by atoms with Gasteiger partial charge in [-0.25, -0.2) is 0 Å². The van der Waals surface area contributed by atoms with Crippen molar-refractivity contribution in [3.8, 4) is 0 Å². The maximum absolute atomic E-state index is 12.2. The predicted octanol–water partition coefficient (Wildman–Crippen LogP) is 2.77. The molecule has 1 aliphatic heterocycles. The number of benzene rings is 1. The van der Waals surface area contributed by atoms with Crippen molar-refractivity contribution in [3.63, 3.8) is 0 Å². The molecule has 2 atom stereocenters. The van der Waals surface area contributed by atoms with Gasteiger partial charge < -0.3 is 10.0 Å². The van der Waals surface area contributed by atoms with Crippen LogP contribution in [0.5, 0.6) is 0 Å². The second-order valence-corrected chi connectivity index (χ2v) is 5.93. The van der Waals surface area contributed by atoms with Gasteiger partial charge in [-0.1, -0.05) is 36.2 Å². The minimum absolute atomic E-state index is 0.0444. The Bertz CT molecular complexity index is 479. The molecule has 0 radical (unpaired) electrons. The van der Waals surface area contributed by atoms with Crippen LogP contribution in [0.15, 0.2) is 18.2 Å². The van der Waals surface area contributed by atoms with E-state index in [-0.39, 0.29) is 24.3 Å². The van der Waals surface area contributed by atoms with Gasteiger partial charge in [-0.3, -0.25) is 4.79 Å². The number of aliphatic hydroxyl groups is 1. The number of carbonyl (C=O) groups is 1. The smallest absolute Gasteiger partial charge is 0.227 e. The Morgan fingerprint density at radius 3 is 2.84 bits per heavy atom. The fourth-order valence-corrected chi connectivity index (χ4v) is 2.77. The summed E-state index contributed by atoms with van der Waals surface area (Å²) in [6.07, 6.45) is 0.614. The molecule has 1 aromatic rings. The first-order valence-corrected chi connectivity index (χ1v) is 7.12. The summed E-state index contributed by atoms with van der Waals surface area (Å²) in [7, 11) is 0. The van der Waals surface area contributed by atoms with Crippen LogP contribution in [0.1, 0.15) is 18.9 Å². The number of aliphatic hydroxyl groups excluding tert-OH is 1. The molecule has 2 rings (SSSR count). The maximum Gasteiger partial charge on any atom is 0.227 e. The van der Waals surface area contributed by atoms with E-state index in [0.29, 0.717) is 29.6 Å². The minimum Gasteiger partial charge on any atom is -0.393 e. The van der Waals surface area contributed by atoms with Crippen molar-refractivity contribution < 1.29 is 9.90 Å². The summed E-state index contributed by atoms with van der Waals surface area (Å²) < 4.78 is 0. The second kappa shape index (κ2) is 6.12. The van der Waals surface area contributed by atoms with E-state index in [1.165, 1.54) is 0 Å². The summed E-state index contributed by atoms with van der Waals surface area (Å²) in [6, 6.07) is 5.16. The Labute approximate surface area is 123 Å². The van der Waals surface area contributed by atoms with Gasteiger partial charge in [0, 0.05) is 23.1 Å². The van der Waals surface area contributed by atoms with Crippen molar-refractivity contribution in [2.75, 3.05) is 13.1 Å². The molecule has 1 N–H and O–H groups in total. The Hall–Kier alpha value is -0.770. The first-order valence-electron chi connectivity index (χ1n) is 6.37. The van der Waals surface area contributed by atoms with E-state index in [0.717, 1.165) is 5.56 Å². The molecule has 1 amide bonds. The normalized spacial score (nSPS) is 23.5. The molecule has 2 unspecified atom stereocenters. The maximum atomic E-state index is 12.2. The minimum atomic E-state index is -0.303. The Morgan fingerprint density at radius 1 is 1.47 bits per heavy atom. The third-order valence-electron chi connectivity index (χ3n) is 3.57. The monoisotopic (exact) mass is 301 g/mol. The number of piperidine rings is 1. The number of likely N-dealkylation sites (tertiary alicyclic amines) is 1. The van der Waals surface area contributed by atoms with Gasteiger partial charge in [0.15, 0.2) is 0 Å². The van der Waals surface area contributed by atoms with Crippen LogP contribution in [0, 0.1) is 5.92 Å². The lowest BCUT2D eigenvalue weighted by atomic mass is 9.96. The summed E-state index contributed by atoms with van der Waals surface area (Å²) >= 11 is 11.9. The zero-order chi connectivity index (χ0) is 14.0. The molecule has 1 fully saturated rings. The molecular weight excluding hydrogens is 285 g/mol. The molecule has 0 aromatic heterocycles. The fraction of sp³-hybridized carbons (Fsp3) is 0.500. The molecule has 1 aliphatic rings. The van der Waals surface area contributed by atoms with E-state index < -0.39 is 0 Å². The third kappa shape index (κ3) is 3.62. The molecule has 5 heteroatoms. The van der Waals surface area contributed by atoms with Crippen LogP contribution in [0.4, 0.5) is 0 Å². The highest BCUT2D eigenvalue weighted by Crippen LogP contribution is 2.23. The van der Waals surface area contributed by atoms with E-state index in [2.05, 4.69) is 0 Å². The van der Waals surface area contributed by atoms with E-state index in [1.807, 2.05) is 6.92 Å². The van der Waals surface area contributed by atoms with Crippen molar-refractivity contribution in [1.29, 1.82) is 0 Å². The van der Waals surface area contributed by atoms with Crippen LogP contribution in [-0.4, -0.2) is 35.1 Å². The van der Waals surface area contributed by atoms with Gasteiger partial charge in [0.1, 0.15) is 0 Å². The SMILES string of the molecule is CC1CN(C(=O)Cc2ccc(Cl)cc2Cl)CCC1O. The first-order chi connectivity index (χ1) is 8.97. The van der Waals surface area contributed by atoms with Crippen molar-refractivity contribution >= 4 is 29.1 Å². The van der Waals surface area contributed by atoms with Gasteiger partial charge in [0.05, 0.1) is 12.5 Å². The largest absolute Gasteiger partial charge is 0.393 e. The highest BCUT2D eigenvalue weighted by Gasteiger charge is 2.27. The van der Waals surface area contributed by atoms with Gasteiger partial charge in [-0.15, -0.1) is 0 Å².